The molecule has 0 fully saturated rings. The van der Waals surface area contributed by atoms with Crippen LogP contribution in [0.25, 0.3) is 0 Å². The van der Waals surface area contributed by atoms with E-state index in [1.165, 1.54) is 0 Å². The highest BCUT2D eigenvalue weighted by Crippen LogP contribution is 2.19. The van der Waals surface area contributed by atoms with Crippen LogP contribution in [-0.2, 0) is 17.8 Å². The van der Waals surface area contributed by atoms with Crippen LogP contribution in [0.2, 0.25) is 0 Å². The summed E-state index contributed by atoms with van der Waals surface area (Å²) in [6.45, 7) is 0.630. The van der Waals surface area contributed by atoms with Crippen LogP contribution < -0.4 is 15.4 Å². The zero-order valence-electron chi connectivity index (χ0n) is 14.6. The zero-order valence-corrected chi connectivity index (χ0v) is 14.6. The highest BCUT2D eigenvalue weighted by atomic mass is 16.5. The molecule has 132 valence electrons. The summed E-state index contributed by atoms with van der Waals surface area (Å²) < 4.78 is 5.34. The summed E-state index contributed by atoms with van der Waals surface area (Å²) in [7, 11) is 1.66. The van der Waals surface area contributed by atoms with Gasteiger partial charge in [-0.05, 0) is 23.8 Å². The Morgan fingerprint density at radius 2 is 1.77 bits per heavy atom. The molecule has 5 nitrogen and oxygen atoms in total. The molecule has 5 heteroatoms. The molecule has 0 radical (unpaired) electrons. The van der Waals surface area contributed by atoms with E-state index in [4.69, 9.17) is 4.74 Å². The van der Waals surface area contributed by atoms with Gasteiger partial charge >= 0.3 is 0 Å². The number of carbonyl (C=O) groups excluding carboxylic acids is 1. The lowest BCUT2D eigenvalue weighted by atomic mass is 10.1. The van der Waals surface area contributed by atoms with Crippen molar-refractivity contribution in [1.29, 1.82) is 0 Å². The number of rotatable bonds is 7. The molecule has 0 spiro atoms. The van der Waals surface area contributed by atoms with Crippen molar-refractivity contribution in [3.05, 3.63) is 84.1 Å². The number of nitrogens with zero attached hydrogens (tertiary/aromatic N) is 1. The Hall–Kier alpha value is -3.34. The minimum absolute atomic E-state index is 0.0848. The number of hydrogen-bond acceptors (Lipinski definition) is 4. The van der Waals surface area contributed by atoms with Crippen LogP contribution in [0, 0.1) is 0 Å². The number of anilines is 2. The summed E-state index contributed by atoms with van der Waals surface area (Å²) >= 11 is 0. The van der Waals surface area contributed by atoms with E-state index >= 15 is 0 Å². The number of benzene rings is 2. The fourth-order valence-electron chi connectivity index (χ4n) is 2.59. The quantitative estimate of drug-likeness (QED) is 0.681. The largest absolute Gasteiger partial charge is 0.496 e. The van der Waals surface area contributed by atoms with Gasteiger partial charge in [0, 0.05) is 12.1 Å². The SMILES string of the molecule is COc1ccccc1CNc1ccc(NC(=O)Cc2ccccc2)nc1. The van der Waals surface area contributed by atoms with Gasteiger partial charge in [0.05, 0.1) is 25.4 Å². The summed E-state index contributed by atoms with van der Waals surface area (Å²) in [5.41, 5.74) is 2.91. The Morgan fingerprint density at radius 1 is 1.00 bits per heavy atom. The first-order valence-electron chi connectivity index (χ1n) is 8.40. The molecule has 0 saturated carbocycles. The number of ether oxygens (including phenoxy) is 1. The van der Waals surface area contributed by atoms with Crippen LogP contribution in [0.3, 0.4) is 0 Å². The molecule has 0 aliphatic carbocycles. The molecule has 0 atom stereocenters. The summed E-state index contributed by atoms with van der Waals surface area (Å²) in [5.74, 6) is 1.30. The standard InChI is InChI=1S/C21H21N3O2/c1-26-19-10-6-5-9-17(19)14-22-18-11-12-20(23-15-18)24-21(25)13-16-7-3-2-4-8-16/h2-12,15,22H,13-14H2,1H3,(H,23,24,25). The molecule has 0 bridgehead atoms. The summed E-state index contributed by atoms with van der Waals surface area (Å²) in [4.78, 5) is 16.4. The highest BCUT2D eigenvalue weighted by Gasteiger charge is 2.05. The number of pyridine rings is 1. The van der Waals surface area contributed by atoms with Gasteiger partial charge in [-0.25, -0.2) is 4.98 Å². The number of hydrogen-bond donors (Lipinski definition) is 2. The van der Waals surface area contributed by atoms with Gasteiger partial charge in [0.2, 0.25) is 5.91 Å². The average Bonchev–Trinajstić information content (AvgIpc) is 2.68. The maximum Gasteiger partial charge on any atom is 0.229 e. The second-order valence-electron chi connectivity index (χ2n) is 5.81. The molecule has 2 N–H and O–H groups in total. The number of aromatic nitrogens is 1. The molecule has 0 unspecified atom stereocenters. The first kappa shape index (κ1) is 17.5. The number of methoxy groups -OCH3 is 1. The van der Waals surface area contributed by atoms with Crippen LogP contribution in [0.1, 0.15) is 11.1 Å². The average molecular weight is 347 g/mol. The van der Waals surface area contributed by atoms with Crippen molar-refractivity contribution < 1.29 is 9.53 Å². The molecule has 1 amide bonds. The lowest BCUT2D eigenvalue weighted by Crippen LogP contribution is -2.15. The van der Waals surface area contributed by atoms with E-state index in [1.807, 2.05) is 60.7 Å². The maximum absolute atomic E-state index is 12.1. The van der Waals surface area contributed by atoms with Crippen molar-refractivity contribution in [2.75, 3.05) is 17.7 Å². The predicted molar refractivity (Wildman–Crippen MR) is 103 cm³/mol. The van der Waals surface area contributed by atoms with Crippen LogP contribution in [0.4, 0.5) is 11.5 Å². The van der Waals surface area contributed by atoms with Gasteiger partial charge in [0.25, 0.3) is 0 Å². The molecule has 1 aromatic heterocycles. The summed E-state index contributed by atoms with van der Waals surface area (Å²) in [6, 6.07) is 21.2. The molecule has 0 aliphatic rings. The van der Waals surface area contributed by atoms with Gasteiger partial charge in [-0.2, -0.15) is 0 Å². The topological polar surface area (TPSA) is 63.2 Å². The maximum atomic E-state index is 12.1. The molecular formula is C21H21N3O2. The molecule has 0 saturated heterocycles. The number of para-hydroxylation sites is 1. The van der Waals surface area contributed by atoms with Gasteiger partial charge in [0.15, 0.2) is 0 Å². The van der Waals surface area contributed by atoms with Gasteiger partial charge in [-0.1, -0.05) is 48.5 Å². The lowest BCUT2D eigenvalue weighted by Gasteiger charge is -2.11. The fraction of sp³-hybridized carbons (Fsp3) is 0.143. The number of nitrogens with one attached hydrogen (secondary N) is 2. The lowest BCUT2D eigenvalue weighted by molar-refractivity contribution is -0.115. The molecular weight excluding hydrogens is 326 g/mol. The zero-order chi connectivity index (χ0) is 18.2. The minimum atomic E-state index is -0.0848. The van der Waals surface area contributed by atoms with Crippen LogP contribution in [0.5, 0.6) is 5.75 Å². The van der Waals surface area contributed by atoms with E-state index in [2.05, 4.69) is 15.6 Å². The summed E-state index contributed by atoms with van der Waals surface area (Å²) in [6.07, 6.45) is 2.03. The van der Waals surface area contributed by atoms with Crippen LogP contribution >= 0.6 is 0 Å². The number of carbonyl (C=O) groups is 1. The number of amides is 1. The van der Waals surface area contributed by atoms with Gasteiger partial charge in [0.1, 0.15) is 11.6 Å². The Morgan fingerprint density at radius 3 is 2.50 bits per heavy atom. The molecule has 1 heterocycles. The van der Waals surface area contributed by atoms with Gasteiger partial charge < -0.3 is 15.4 Å². The molecule has 26 heavy (non-hydrogen) atoms. The second kappa shape index (κ2) is 8.67. The molecule has 3 aromatic rings. The summed E-state index contributed by atoms with van der Waals surface area (Å²) in [5, 5.41) is 6.11. The van der Waals surface area contributed by atoms with Crippen molar-refractivity contribution in [3.63, 3.8) is 0 Å². The van der Waals surface area contributed by atoms with Crippen LogP contribution in [-0.4, -0.2) is 18.0 Å². The Kier molecular flexibility index (Phi) is 5.83. The normalized spacial score (nSPS) is 10.2. The minimum Gasteiger partial charge on any atom is -0.496 e. The van der Waals surface area contributed by atoms with E-state index in [1.54, 1.807) is 19.4 Å². The Labute approximate surface area is 153 Å². The first-order valence-corrected chi connectivity index (χ1v) is 8.40. The second-order valence-corrected chi connectivity index (χ2v) is 5.81. The van der Waals surface area contributed by atoms with E-state index in [0.29, 0.717) is 18.8 Å². The third-order valence-electron chi connectivity index (χ3n) is 3.91. The van der Waals surface area contributed by atoms with E-state index in [9.17, 15) is 4.79 Å². The van der Waals surface area contributed by atoms with Crippen molar-refractivity contribution >= 4 is 17.4 Å². The Balaban J connectivity index is 1.54. The predicted octanol–water partition coefficient (Wildman–Crippen LogP) is 3.88. The van der Waals surface area contributed by atoms with Crippen molar-refractivity contribution in [2.24, 2.45) is 0 Å². The van der Waals surface area contributed by atoms with Gasteiger partial charge in [-0.15, -0.1) is 0 Å². The van der Waals surface area contributed by atoms with Gasteiger partial charge in [-0.3, -0.25) is 4.79 Å². The van der Waals surface area contributed by atoms with Crippen LogP contribution in [0.15, 0.2) is 72.9 Å². The molecule has 0 aliphatic heterocycles. The first-order chi connectivity index (χ1) is 12.7. The third-order valence-corrected chi connectivity index (χ3v) is 3.91. The third kappa shape index (κ3) is 4.83. The smallest absolute Gasteiger partial charge is 0.229 e. The van der Waals surface area contributed by atoms with E-state index < -0.39 is 0 Å². The highest BCUT2D eigenvalue weighted by molar-refractivity contribution is 5.91. The van der Waals surface area contributed by atoms with E-state index in [-0.39, 0.29) is 5.91 Å². The molecule has 3 rings (SSSR count). The fourth-order valence-corrected chi connectivity index (χ4v) is 2.59. The monoisotopic (exact) mass is 347 g/mol. The van der Waals surface area contributed by atoms with Crippen molar-refractivity contribution in [1.82, 2.24) is 4.98 Å². The Bertz CT molecular complexity index is 849. The van der Waals surface area contributed by atoms with Crippen molar-refractivity contribution in [2.45, 2.75) is 13.0 Å². The molecule has 2 aromatic carbocycles. The van der Waals surface area contributed by atoms with Crippen molar-refractivity contribution in [3.8, 4) is 5.75 Å². The van der Waals surface area contributed by atoms with E-state index in [0.717, 1.165) is 22.6 Å².